The molecule has 0 atom stereocenters. The maximum Gasteiger partial charge on any atom is 0.358 e. The number of carbonyl (C=O) groups is 1. The molecule has 1 fully saturated rings. The second kappa shape index (κ2) is 6.02. The average Bonchev–Trinajstić information content (AvgIpc) is 2.62. The molecule has 0 aliphatic carbocycles. The van der Waals surface area contributed by atoms with E-state index in [1.807, 2.05) is 0 Å². The second-order valence-electron chi connectivity index (χ2n) is 4.21. The minimum Gasteiger partial charge on any atom is -0.476 e. The summed E-state index contributed by atoms with van der Waals surface area (Å²) in [4.78, 5) is 13.2. The summed E-state index contributed by atoms with van der Waals surface area (Å²) in [6, 6.07) is 0. The predicted molar refractivity (Wildman–Crippen MR) is 64.6 cm³/mol. The van der Waals surface area contributed by atoms with E-state index < -0.39 is 5.97 Å². The summed E-state index contributed by atoms with van der Waals surface area (Å²) in [5, 5.41) is 12.5. The highest BCUT2D eigenvalue weighted by Crippen LogP contribution is 2.18. The van der Waals surface area contributed by atoms with Crippen molar-refractivity contribution in [1.29, 1.82) is 0 Å². The number of hydrogen-bond donors (Lipinski definition) is 1. The standard InChI is InChI=1S/C11H16N2O3.ClH/c1-8-9(10(11(14)15)12-16-8)7-13-5-3-2-4-6-13;/h2-7H2,1H3,(H,14,15);1H. The van der Waals surface area contributed by atoms with Crippen LogP contribution in [0.3, 0.4) is 0 Å². The van der Waals surface area contributed by atoms with Crippen molar-refractivity contribution in [1.82, 2.24) is 10.1 Å². The van der Waals surface area contributed by atoms with Gasteiger partial charge in [-0.05, 0) is 32.9 Å². The fourth-order valence-corrected chi connectivity index (χ4v) is 2.09. The minimum atomic E-state index is -1.01. The van der Waals surface area contributed by atoms with E-state index >= 15 is 0 Å². The van der Waals surface area contributed by atoms with Gasteiger partial charge in [-0.25, -0.2) is 4.79 Å². The highest BCUT2D eigenvalue weighted by Gasteiger charge is 2.21. The molecule has 0 amide bonds. The summed E-state index contributed by atoms with van der Waals surface area (Å²) in [5.41, 5.74) is 0.775. The third-order valence-electron chi connectivity index (χ3n) is 3.02. The molecule has 1 N–H and O–H groups in total. The molecule has 1 aromatic rings. The maximum atomic E-state index is 10.9. The van der Waals surface area contributed by atoms with Gasteiger partial charge in [0.2, 0.25) is 0 Å². The van der Waals surface area contributed by atoms with Crippen molar-refractivity contribution in [2.24, 2.45) is 0 Å². The number of halogens is 1. The quantitative estimate of drug-likeness (QED) is 0.901. The van der Waals surface area contributed by atoms with E-state index in [-0.39, 0.29) is 18.1 Å². The molecule has 0 aromatic carbocycles. The minimum absolute atomic E-state index is 0. The van der Waals surface area contributed by atoms with Crippen LogP contribution in [0.15, 0.2) is 4.52 Å². The van der Waals surface area contributed by atoms with Crippen LogP contribution < -0.4 is 0 Å². The van der Waals surface area contributed by atoms with Crippen molar-refractivity contribution in [2.75, 3.05) is 13.1 Å². The van der Waals surface area contributed by atoms with Gasteiger partial charge in [-0.15, -0.1) is 12.4 Å². The zero-order chi connectivity index (χ0) is 11.5. The molecule has 2 rings (SSSR count). The molecule has 2 heterocycles. The molecule has 96 valence electrons. The smallest absolute Gasteiger partial charge is 0.358 e. The maximum absolute atomic E-state index is 10.9. The Kier molecular flexibility index (Phi) is 4.96. The molecule has 1 aliphatic heterocycles. The predicted octanol–water partition coefficient (Wildman–Crippen LogP) is 2.09. The second-order valence-corrected chi connectivity index (χ2v) is 4.21. The lowest BCUT2D eigenvalue weighted by Gasteiger charge is -2.26. The van der Waals surface area contributed by atoms with Crippen molar-refractivity contribution in [3.05, 3.63) is 17.0 Å². The van der Waals surface area contributed by atoms with Crippen LogP contribution in [0.25, 0.3) is 0 Å². The van der Waals surface area contributed by atoms with Crippen LogP contribution in [0.1, 0.15) is 41.1 Å². The number of hydrogen-bond acceptors (Lipinski definition) is 4. The van der Waals surface area contributed by atoms with Gasteiger partial charge in [0.25, 0.3) is 0 Å². The van der Waals surface area contributed by atoms with E-state index in [9.17, 15) is 4.79 Å². The number of aryl methyl sites for hydroxylation is 1. The summed E-state index contributed by atoms with van der Waals surface area (Å²) in [6.45, 7) is 4.46. The number of nitrogens with zero attached hydrogens (tertiary/aromatic N) is 2. The molecule has 0 unspecified atom stereocenters. The fourth-order valence-electron chi connectivity index (χ4n) is 2.09. The van der Waals surface area contributed by atoms with Crippen LogP contribution in [-0.4, -0.2) is 34.2 Å². The van der Waals surface area contributed by atoms with Crippen LogP contribution in [0.2, 0.25) is 0 Å². The van der Waals surface area contributed by atoms with Crippen LogP contribution in [-0.2, 0) is 6.54 Å². The van der Waals surface area contributed by atoms with Gasteiger partial charge in [-0.2, -0.15) is 0 Å². The van der Waals surface area contributed by atoms with Crippen molar-refractivity contribution >= 4 is 18.4 Å². The van der Waals surface area contributed by atoms with Gasteiger partial charge in [0.15, 0.2) is 5.69 Å². The van der Waals surface area contributed by atoms with Crippen molar-refractivity contribution in [2.45, 2.75) is 32.7 Å². The molecule has 0 saturated carbocycles. The van der Waals surface area contributed by atoms with Gasteiger partial charge < -0.3 is 9.63 Å². The van der Waals surface area contributed by atoms with E-state index in [2.05, 4.69) is 10.1 Å². The van der Waals surface area contributed by atoms with E-state index in [4.69, 9.17) is 9.63 Å². The fraction of sp³-hybridized carbons (Fsp3) is 0.636. The Bertz CT molecular complexity index is 386. The van der Waals surface area contributed by atoms with Gasteiger partial charge in [-0.3, -0.25) is 4.90 Å². The zero-order valence-corrected chi connectivity index (χ0v) is 10.6. The molecule has 17 heavy (non-hydrogen) atoms. The Morgan fingerprint density at radius 1 is 1.41 bits per heavy atom. The first kappa shape index (κ1) is 14.0. The summed E-state index contributed by atoms with van der Waals surface area (Å²) < 4.78 is 4.94. The molecule has 0 radical (unpaired) electrons. The van der Waals surface area contributed by atoms with Crippen molar-refractivity contribution in [3.8, 4) is 0 Å². The third-order valence-corrected chi connectivity index (χ3v) is 3.02. The number of aromatic nitrogens is 1. The summed E-state index contributed by atoms with van der Waals surface area (Å²) in [7, 11) is 0. The van der Waals surface area contributed by atoms with Crippen LogP contribution in [0.4, 0.5) is 0 Å². The Morgan fingerprint density at radius 3 is 2.65 bits per heavy atom. The first-order valence-electron chi connectivity index (χ1n) is 5.59. The van der Waals surface area contributed by atoms with Crippen LogP contribution in [0.5, 0.6) is 0 Å². The Labute approximate surface area is 106 Å². The number of aromatic carboxylic acids is 1. The molecular weight excluding hydrogens is 244 g/mol. The SMILES string of the molecule is Cc1onc(C(=O)O)c1CN1CCCCC1.Cl. The van der Waals surface area contributed by atoms with Crippen molar-refractivity contribution in [3.63, 3.8) is 0 Å². The van der Waals surface area contributed by atoms with Gasteiger partial charge in [0, 0.05) is 12.1 Å². The highest BCUT2D eigenvalue weighted by molar-refractivity contribution is 5.87. The molecule has 0 spiro atoms. The Morgan fingerprint density at radius 2 is 2.06 bits per heavy atom. The van der Waals surface area contributed by atoms with Crippen LogP contribution >= 0.6 is 12.4 Å². The highest BCUT2D eigenvalue weighted by atomic mass is 35.5. The molecule has 1 saturated heterocycles. The summed E-state index contributed by atoms with van der Waals surface area (Å²) >= 11 is 0. The largest absolute Gasteiger partial charge is 0.476 e. The van der Waals surface area contributed by atoms with Crippen molar-refractivity contribution < 1.29 is 14.4 Å². The molecule has 1 aliphatic rings. The Balaban J connectivity index is 0.00000144. The molecular formula is C11H17ClN2O3. The lowest BCUT2D eigenvalue weighted by Crippen LogP contribution is -2.29. The lowest BCUT2D eigenvalue weighted by molar-refractivity contribution is 0.0683. The molecule has 5 nitrogen and oxygen atoms in total. The lowest BCUT2D eigenvalue weighted by atomic mass is 10.1. The third kappa shape index (κ3) is 3.20. The first-order chi connectivity index (χ1) is 7.68. The van der Waals surface area contributed by atoms with Gasteiger partial charge >= 0.3 is 5.97 Å². The molecule has 1 aromatic heterocycles. The number of carboxylic acids is 1. The topological polar surface area (TPSA) is 66.6 Å². The van der Waals surface area contributed by atoms with E-state index in [1.54, 1.807) is 6.92 Å². The monoisotopic (exact) mass is 260 g/mol. The van der Waals surface area contributed by atoms with E-state index in [1.165, 1.54) is 19.3 Å². The van der Waals surface area contributed by atoms with Gasteiger partial charge in [0.05, 0.1) is 0 Å². The average molecular weight is 261 g/mol. The van der Waals surface area contributed by atoms with Gasteiger partial charge in [-0.1, -0.05) is 11.6 Å². The zero-order valence-electron chi connectivity index (χ0n) is 9.81. The van der Waals surface area contributed by atoms with E-state index in [0.717, 1.165) is 18.7 Å². The van der Waals surface area contributed by atoms with Gasteiger partial charge in [0.1, 0.15) is 5.76 Å². The number of likely N-dealkylation sites (tertiary alicyclic amines) is 1. The number of carboxylic acid groups (broad SMARTS) is 1. The Hall–Kier alpha value is -1.07. The number of rotatable bonds is 3. The van der Waals surface area contributed by atoms with E-state index in [0.29, 0.717) is 12.3 Å². The molecule has 6 heteroatoms. The summed E-state index contributed by atoms with van der Waals surface area (Å²) in [5.74, 6) is -0.396. The number of piperidine rings is 1. The first-order valence-corrected chi connectivity index (χ1v) is 5.59. The normalized spacial score (nSPS) is 16.5. The molecule has 0 bridgehead atoms. The van der Waals surface area contributed by atoms with Crippen LogP contribution in [0, 0.1) is 6.92 Å². The summed E-state index contributed by atoms with van der Waals surface area (Å²) in [6.07, 6.45) is 3.64.